The quantitative estimate of drug-likeness (QED) is 0.246. The van der Waals surface area contributed by atoms with E-state index in [-0.39, 0.29) is 16.7 Å². The van der Waals surface area contributed by atoms with Crippen LogP contribution in [0.2, 0.25) is 0 Å². The molecule has 8 fully saturated rings. The van der Waals surface area contributed by atoms with Crippen LogP contribution in [0.15, 0.2) is 11.6 Å². The molecule has 8 aliphatic carbocycles. The summed E-state index contributed by atoms with van der Waals surface area (Å²) in [5.74, 6) is 6.69. The van der Waals surface area contributed by atoms with Gasteiger partial charge in [-0.2, -0.15) is 0 Å². The summed E-state index contributed by atoms with van der Waals surface area (Å²) in [5.41, 5.74) is 0.317. The van der Waals surface area contributed by atoms with Gasteiger partial charge >= 0.3 is 0 Å². The van der Waals surface area contributed by atoms with Gasteiger partial charge < -0.3 is 15.3 Å². The first-order valence-electron chi connectivity index (χ1n) is 20.2. The van der Waals surface area contributed by atoms with Gasteiger partial charge in [0, 0.05) is 5.92 Å². The molecule has 8 saturated carbocycles. The summed E-state index contributed by atoms with van der Waals surface area (Å²) in [4.78, 5) is 0. The van der Waals surface area contributed by atoms with Crippen LogP contribution in [0.3, 0.4) is 0 Å². The SMILES string of the molecule is CC(O)[C@H]1[C@H](F)C[C@H]2[C@@H]3CCC4C[C@](C)(O)CC[C@@H]4[C@H]3CC[C@@]21C.CC=C1[C@H](F)C[C@H]2[C@@H]3CC[C@@H]4C[C@](C)(O)CC[C@@H]4[C@H]3CC[C@]12C. The Kier molecular flexibility index (Phi) is 9.15. The lowest BCUT2D eigenvalue weighted by Gasteiger charge is -2.57. The Morgan fingerprint density at radius 2 is 1.17 bits per heavy atom. The Morgan fingerprint density at radius 1 is 0.660 bits per heavy atom. The zero-order valence-corrected chi connectivity index (χ0v) is 30.6. The van der Waals surface area contributed by atoms with E-state index in [4.69, 9.17) is 0 Å². The van der Waals surface area contributed by atoms with Crippen molar-refractivity contribution >= 4 is 0 Å². The van der Waals surface area contributed by atoms with E-state index in [1.54, 1.807) is 6.92 Å². The van der Waals surface area contributed by atoms with Crippen LogP contribution in [0.25, 0.3) is 0 Å². The van der Waals surface area contributed by atoms with Gasteiger partial charge in [-0.1, -0.05) is 19.9 Å². The Morgan fingerprint density at radius 3 is 1.70 bits per heavy atom. The molecular formula is C42H68F2O3. The minimum Gasteiger partial charge on any atom is -0.393 e. The molecule has 5 heteroatoms. The molecule has 0 radical (unpaired) electrons. The van der Waals surface area contributed by atoms with Crippen molar-refractivity contribution in [3.63, 3.8) is 0 Å². The van der Waals surface area contributed by atoms with Gasteiger partial charge in [-0.25, -0.2) is 8.78 Å². The van der Waals surface area contributed by atoms with Gasteiger partial charge in [0.1, 0.15) is 12.3 Å². The fraction of sp³-hybridized carbons (Fsp3) is 0.952. The van der Waals surface area contributed by atoms with Crippen LogP contribution in [-0.4, -0.2) is 45.0 Å². The third-order valence-corrected chi connectivity index (χ3v) is 17.2. The van der Waals surface area contributed by atoms with E-state index in [9.17, 15) is 24.1 Å². The van der Waals surface area contributed by atoms with E-state index in [1.807, 2.05) is 20.8 Å². The molecule has 8 rings (SSSR count). The predicted octanol–water partition coefficient (Wildman–Crippen LogP) is 9.62. The standard InChI is InChI=1S/C21H35FO2.C21H33FO/c1-12(23)19-18(22)10-17-16-5-4-13-11-20(2,24)8-6-14(13)15(16)7-9-21(17,19)3;1-4-17-19(22)11-18-16-6-5-13-12-20(2,23)9-7-14(13)15(16)8-10-21(17,18)3/h12-19,23-24H,4-11H2,1-3H3;4,13-16,18-19,23H,5-12H2,1-3H3/t12?,13?,14-,15+,16+,17-,18+,19-,20+,21-;13-,14+,15-,16-,18+,19-,20-,21-/m01/s1. The van der Waals surface area contributed by atoms with E-state index in [0.717, 1.165) is 80.1 Å². The van der Waals surface area contributed by atoms with Crippen molar-refractivity contribution in [1.29, 1.82) is 0 Å². The molecule has 0 aromatic carbocycles. The minimum absolute atomic E-state index is 0.0122. The Hall–Kier alpha value is -0.520. The highest BCUT2D eigenvalue weighted by Crippen LogP contribution is 2.67. The summed E-state index contributed by atoms with van der Waals surface area (Å²) in [6.07, 6.45) is 17.4. The molecule has 18 atom stereocenters. The molecule has 0 amide bonds. The third-order valence-electron chi connectivity index (χ3n) is 17.2. The summed E-state index contributed by atoms with van der Waals surface area (Å²) < 4.78 is 29.4. The lowest BCUT2D eigenvalue weighted by molar-refractivity contribution is -0.108. The summed E-state index contributed by atoms with van der Waals surface area (Å²) in [6, 6.07) is 0. The second-order valence-corrected chi connectivity index (χ2v) is 19.8. The van der Waals surface area contributed by atoms with Gasteiger partial charge in [-0.3, -0.25) is 0 Å². The second kappa shape index (κ2) is 12.3. The molecule has 0 bridgehead atoms. The van der Waals surface area contributed by atoms with Crippen LogP contribution in [-0.2, 0) is 0 Å². The Labute approximate surface area is 285 Å². The normalized spacial score (nSPS) is 58.1. The minimum atomic E-state index is -0.830. The van der Waals surface area contributed by atoms with Crippen LogP contribution >= 0.6 is 0 Å². The summed E-state index contributed by atoms with van der Waals surface area (Å²) >= 11 is 0. The number of fused-ring (bicyclic) bond motifs is 10. The molecule has 0 spiro atoms. The Balaban J connectivity index is 0.000000150. The van der Waals surface area contributed by atoms with Crippen LogP contribution < -0.4 is 0 Å². The maximum absolute atomic E-state index is 14.8. The lowest BCUT2D eigenvalue weighted by atomic mass is 9.49. The number of hydrogen-bond donors (Lipinski definition) is 3. The van der Waals surface area contributed by atoms with Crippen LogP contribution in [0.5, 0.6) is 0 Å². The van der Waals surface area contributed by atoms with Crippen molar-refractivity contribution in [2.75, 3.05) is 0 Å². The second-order valence-electron chi connectivity index (χ2n) is 19.8. The smallest absolute Gasteiger partial charge is 0.122 e. The van der Waals surface area contributed by atoms with E-state index in [2.05, 4.69) is 19.9 Å². The molecule has 0 aromatic heterocycles. The summed E-state index contributed by atoms with van der Waals surface area (Å²) in [5, 5.41) is 31.1. The summed E-state index contributed by atoms with van der Waals surface area (Å²) in [7, 11) is 0. The first-order chi connectivity index (χ1) is 22.1. The van der Waals surface area contributed by atoms with E-state index >= 15 is 0 Å². The average molecular weight is 659 g/mol. The lowest BCUT2D eigenvalue weighted by Crippen LogP contribution is -2.51. The molecule has 47 heavy (non-hydrogen) atoms. The van der Waals surface area contributed by atoms with Gasteiger partial charge in [-0.15, -0.1) is 0 Å². The zero-order chi connectivity index (χ0) is 33.7. The van der Waals surface area contributed by atoms with Gasteiger partial charge in [0.05, 0.1) is 17.3 Å². The molecule has 3 nitrogen and oxygen atoms in total. The van der Waals surface area contributed by atoms with E-state index < -0.39 is 29.6 Å². The van der Waals surface area contributed by atoms with Gasteiger partial charge in [-0.05, 0) is 206 Å². The zero-order valence-electron chi connectivity index (χ0n) is 30.6. The molecule has 0 aliphatic heterocycles. The predicted molar refractivity (Wildman–Crippen MR) is 185 cm³/mol. The number of aliphatic hydroxyl groups excluding tert-OH is 1. The van der Waals surface area contributed by atoms with Crippen LogP contribution in [0, 0.1) is 75.9 Å². The first-order valence-corrected chi connectivity index (χ1v) is 20.2. The van der Waals surface area contributed by atoms with Crippen molar-refractivity contribution < 1.29 is 24.1 Å². The maximum Gasteiger partial charge on any atom is 0.122 e. The fourth-order valence-corrected chi connectivity index (χ4v) is 15.4. The number of halogens is 2. The molecule has 3 N–H and O–H groups in total. The highest BCUT2D eigenvalue weighted by Gasteiger charge is 2.62. The Bertz CT molecular complexity index is 1180. The monoisotopic (exact) mass is 659 g/mol. The number of aliphatic hydroxyl groups is 3. The number of alkyl halides is 2. The topological polar surface area (TPSA) is 60.7 Å². The number of allylic oxidation sites excluding steroid dienone is 2. The number of hydrogen-bond acceptors (Lipinski definition) is 3. The molecule has 8 aliphatic rings. The first kappa shape index (κ1) is 34.9. The van der Waals surface area contributed by atoms with E-state index in [0.29, 0.717) is 36.0 Å². The van der Waals surface area contributed by atoms with Gasteiger partial charge in [0.2, 0.25) is 0 Å². The molecule has 0 saturated heterocycles. The van der Waals surface area contributed by atoms with Crippen molar-refractivity contribution in [3.05, 3.63) is 11.6 Å². The van der Waals surface area contributed by atoms with E-state index in [1.165, 1.54) is 51.4 Å². The molecular weight excluding hydrogens is 590 g/mol. The van der Waals surface area contributed by atoms with Crippen molar-refractivity contribution in [2.24, 2.45) is 75.9 Å². The largest absolute Gasteiger partial charge is 0.393 e. The molecule has 2 unspecified atom stereocenters. The average Bonchev–Trinajstić information content (AvgIpc) is 3.43. The summed E-state index contributed by atoms with van der Waals surface area (Å²) in [6.45, 7) is 12.5. The van der Waals surface area contributed by atoms with Crippen molar-refractivity contribution in [1.82, 2.24) is 0 Å². The molecule has 0 aromatic rings. The number of rotatable bonds is 1. The van der Waals surface area contributed by atoms with Crippen molar-refractivity contribution in [2.45, 2.75) is 174 Å². The van der Waals surface area contributed by atoms with Gasteiger partial charge in [0.15, 0.2) is 0 Å². The molecule has 0 heterocycles. The third kappa shape index (κ3) is 5.83. The van der Waals surface area contributed by atoms with Crippen LogP contribution in [0.4, 0.5) is 8.78 Å². The van der Waals surface area contributed by atoms with Gasteiger partial charge in [0.25, 0.3) is 0 Å². The molecule has 268 valence electrons. The maximum atomic E-state index is 14.8. The van der Waals surface area contributed by atoms with Crippen molar-refractivity contribution in [3.8, 4) is 0 Å². The highest BCUT2D eigenvalue weighted by molar-refractivity contribution is 5.27. The van der Waals surface area contributed by atoms with Crippen LogP contribution in [0.1, 0.15) is 144 Å². The fourth-order valence-electron chi connectivity index (χ4n) is 15.4. The highest BCUT2D eigenvalue weighted by atomic mass is 19.1.